The molecule has 0 spiro atoms. The van der Waals surface area contributed by atoms with Crippen LogP contribution in [0.3, 0.4) is 0 Å². The van der Waals surface area contributed by atoms with E-state index in [4.69, 9.17) is 0 Å². The van der Waals surface area contributed by atoms with Gasteiger partial charge in [0.1, 0.15) is 0 Å². The lowest BCUT2D eigenvalue weighted by molar-refractivity contribution is 1.27. The number of hydrogen-bond acceptors (Lipinski definition) is 2. The third-order valence-electron chi connectivity index (χ3n) is 11.2. The van der Waals surface area contributed by atoms with Crippen molar-refractivity contribution in [3.63, 3.8) is 0 Å². The summed E-state index contributed by atoms with van der Waals surface area (Å²) >= 11 is 0. The van der Waals surface area contributed by atoms with Gasteiger partial charge in [-0.3, -0.25) is 0 Å². The van der Waals surface area contributed by atoms with Crippen LogP contribution in [0.4, 0.5) is 22.7 Å². The number of anilines is 4. The van der Waals surface area contributed by atoms with E-state index < -0.39 is 0 Å². The number of nitrogens with zero attached hydrogens (tertiary/aromatic N) is 2. The first-order valence-corrected chi connectivity index (χ1v) is 20.8. The van der Waals surface area contributed by atoms with Gasteiger partial charge in [-0.05, 0) is 123 Å². The van der Waals surface area contributed by atoms with Gasteiger partial charge in [-0.25, -0.2) is 0 Å². The van der Waals surface area contributed by atoms with Gasteiger partial charge in [0.2, 0.25) is 0 Å². The SMILES string of the molecule is Cc1ccc(C(=CN(c2ccc(C)cc2)c2ccc(-c3ccc(N(C=C(c4ccc(C)cc4)c4ccc(C)cc4)c4ccc(C)cc4)cc3)cc2)c2ccc(C)cc2)cc1. The molecule has 0 amide bonds. The average Bonchev–Trinajstić information content (AvgIpc) is 3.27. The molecule has 0 atom stereocenters. The normalized spacial score (nSPS) is 10.8. The monoisotopic (exact) mass is 776 g/mol. The first-order valence-electron chi connectivity index (χ1n) is 20.8. The van der Waals surface area contributed by atoms with Gasteiger partial charge in [-0.1, -0.05) is 179 Å². The van der Waals surface area contributed by atoms with Crippen LogP contribution in [0.5, 0.6) is 0 Å². The lowest BCUT2D eigenvalue weighted by Crippen LogP contribution is -2.10. The Morgan fingerprint density at radius 3 is 0.650 bits per heavy atom. The molecular formula is C58H52N2. The summed E-state index contributed by atoms with van der Waals surface area (Å²) in [6, 6.07) is 70.8. The molecule has 0 heterocycles. The fourth-order valence-electron chi connectivity index (χ4n) is 7.46. The topological polar surface area (TPSA) is 6.48 Å². The van der Waals surface area contributed by atoms with E-state index in [2.05, 4.69) is 258 Å². The third-order valence-corrected chi connectivity index (χ3v) is 11.2. The van der Waals surface area contributed by atoms with Crippen molar-refractivity contribution < 1.29 is 0 Å². The minimum atomic E-state index is 1.09. The van der Waals surface area contributed by atoms with Gasteiger partial charge in [-0.15, -0.1) is 0 Å². The predicted octanol–water partition coefficient (Wildman–Crippen LogP) is 15.7. The zero-order valence-electron chi connectivity index (χ0n) is 35.5. The summed E-state index contributed by atoms with van der Waals surface area (Å²) in [5, 5.41) is 0. The van der Waals surface area contributed by atoms with E-state index in [1.807, 2.05) is 0 Å². The molecule has 2 nitrogen and oxygen atoms in total. The maximum atomic E-state index is 2.31. The molecule has 0 aliphatic heterocycles. The molecule has 0 saturated heterocycles. The Kier molecular flexibility index (Phi) is 11.7. The molecule has 0 aliphatic carbocycles. The van der Waals surface area contributed by atoms with Gasteiger partial charge >= 0.3 is 0 Å². The molecule has 0 radical (unpaired) electrons. The van der Waals surface area contributed by atoms with Crippen LogP contribution in [0.1, 0.15) is 55.6 Å². The van der Waals surface area contributed by atoms with E-state index in [0.29, 0.717) is 0 Å². The summed E-state index contributed by atoms with van der Waals surface area (Å²) in [7, 11) is 0. The summed E-state index contributed by atoms with van der Waals surface area (Å²) < 4.78 is 0. The second-order valence-electron chi connectivity index (χ2n) is 16.1. The van der Waals surface area contributed by atoms with Crippen LogP contribution in [-0.4, -0.2) is 0 Å². The second kappa shape index (κ2) is 17.8. The highest BCUT2D eigenvalue weighted by Gasteiger charge is 2.15. The Morgan fingerprint density at radius 1 is 0.250 bits per heavy atom. The Bertz CT molecular complexity index is 2430. The molecule has 8 aromatic carbocycles. The standard InChI is InChI=1S/C58H52N2/c1-41-7-19-49(20-8-41)57(50-21-9-42(2)10-22-50)39-59(53-31-15-45(5)16-32-53)55-35-27-47(28-36-55)48-29-37-56(38-30-48)60(54-33-17-46(6)18-34-54)40-58(51-23-11-43(3)12-24-51)52-25-13-44(4)14-26-52/h7-40H,1-6H3. The maximum Gasteiger partial charge on any atom is 0.0456 e. The Hall–Kier alpha value is -7.16. The molecule has 0 saturated carbocycles. The summed E-state index contributed by atoms with van der Waals surface area (Å²) in [4.78, 5) is 4.62. The van der Waals surface area contributed by atoms with Crippen LogP contribution in [0.25, 0.3) is 22.3 Å². The summed E-state index contributed by atoms with van der Waals surface area (Å²) in [5.74, 6) is 0. The highest BCUT2D eigenvalue weighted by molar-refractivity contribution is 5.86. The quantitative estimate of drug-likeness (QED) is 0.129. The van der Waals surface area contributed by atoms with Crippen molar-refractivity contribution in [1.29, 1.82) is 0 Å². The molecule has 294 valence electrons. The van der Waals surface area contributed by atoms with Crippen molar-refractivity contribution >= 4 is 33.9 Å². The minimum absolute atomic E-state index is 1.09. The Balaban J connectivity index is 1.16. The van der Waals surface area contributed by atoms with Crippen molar-refractivity contribution in [1.82, 2.24) is 0 Å². The van der Waals surface area contributed by atoms with Gasteiger partial charge in [-0.2, -0.15) is 0 Å². The molecule has 0 aromatic heterocycles. The highest BCUT2D eigenvalue weighted by atomic mass is 15.1. The molecule has 2 heteroatoms. The highest BCUT2D eigenvalue weighted by Crippen LogP contribution is 2.36. The smallest absolute Gasteiger partial charge is 0.0456 e. The average molecular weight is 777 g/mol. The number of hydrogen-bond donors (Lipinski definition) is 0. The fraction of sp³-hybridized carbons (Fsp3) is 0.103. The third kappa shape index (κ3) is 9.25. The van der Waals surface area contributed by atoms with E-state index in [1.54, 1.807) is 0 Å². The molecule has 8 rings (SSSR count). The van der Waals surface area contributed by atoms with Crippen molar-refractivity contribution in [2.24, 2.45) is 0 Å². The number of rotatable bonds is 11. The zero-order chi connectivity index (χ0) is 41.6. The fourth-order valence-corrected chi connectivity index (χ4v) is 7.46. The number of benzene rings is 8. The van der Waals surface area contributed by atoms with E-state index in [1.165, 1.54) is 55.6 Å². The van der Waals surface area contributed by atoms with E-state index in [-0.39, 0.29) is 0 Å². The van der Waals surface area contributed by atoms with E-state index in [0.717, 1.165) is 45.0 Å². The molecular weight excluding hydrogens is 725 g/mol. The minimum Gasteiger partial charge on any atom is -0.317 e. The van der Waals surface area contributed by atoms with Crippen LogP contribution in [0, 0.1) is 41.5 Å². The van der Waals surface area contributed by atoms with Crippen molar-refractivity contribution in [3.05, 3.63) is 262 Å². The van der Waals surface area contributed by atoms with E-state index in [9.17, 15) is 0 Å². The first-order chi connectivity index (χ1) is 29.2. The first kappa shape index (κ1) is 39.7. The van der Waals surface area contributed by atoms with Gasteiger partial charge in [0.15, 0.2) is 0 Å². The van der Waals surface area contributed by atoms with Crippen LogP contribution < -0.4 is 9.80 Å². The van der Waals surface area contributed by atoms with Crippen molar-refractivity contribution in [2.45, 2.75) is 41.5 Å². The van der Waals surface area contributed by atoms with E-state index >= 15 is 0 Å². The lowest BCUT2D eigenvalue weighted by Gasteiger charge is -2.24. The molecule has 0 unspecified atom stereocenters. The van der Waals surface area contributed by atoms with Gasteiger partial charge in [0.25, 0.3) is 0 Å². The Labute approximate surface area is 357 Å². The zero-order valence-corrected chi connectivity index (χ0v) is 35.5. The number of aryl methyl sites for hydroxylation is 6. The van der Waals surface area contributed by atoms with Crippen LogP contribution >= 0.6 is 0 Å². The predicted molar refractivity (Wildman–Crippen MR) is 257 cm³/mol. The summed E-state index contributed by atoms with van der Waals surface area (Å²) in [6.07, 6.45) is 4.58. The van der Waals surface area contributed by atoms with Crippen molar-refractivity contribution in [3.8, 4) is 11.1 Å². The van der Waals surface area contributed by atoms with Crippen LogP contribution in [0.15, 0.2) is 207 Å². The maximum absolute atomic E-state index is 2.31. The lowest BCUT2D eigenvalue weighted by atomic mass is 9.96. The molecule has 0 N–H and O–H groups in total. The largest absolute Gasteiger partial charge is 0.317 e. The van der Waals surface area contributed by atoms with Crippen LogP contribution in [0.2, 0.25) is 0 Å². The van der Waals surface area contributed by atoms with Crippen LogP contribution in [-0.2, 0) is 0 Å². The Morgan fingerprint density at radius 2 is 0.433 bits per heavy atom. The van der Waals surface area contributed by atoms with Gasteiger partial charge in [0, 0.05) is 46.3 Å². The van der Waals surface area contributed by atoms with Gasteiger partial charge in [0.05, 0.1) is 0 Å². The molecule has 8 aromatic rings. The molecule has 0 aliphatic rings. The molecule has 0 bridgehead atoms. The molecule has 0 fully saturated rings. The summed E-state index contributed by atoms with van der Waals surface area (Å²) in [5.41, 5.74) is 21.2. The molecule has 60 heavy (non-hydrogen) atoms. The van der Waals surface area contributed by atoms with Crippen molar-refractivity contribution in [2.75, 3.05) is 9.80 Å². The van der Waals surface area contributed by atoms with Gasteiger partial charge < -0.3 is 9.80 Å². The summed E-state index contributed by atoms with van der Waals surface area (Å²) in [6.45, 7) is 12.8. The second-order valence-corrected chi connectivity index (χ2v) is 16.1.